The van der Waals surface area contributed by atoms with Gasteiger partial charge in [-0.25, -0.2) is 4.98 Å². The number of benzene rings is 7. The van der Waals surface area contributed by atoms with E-state index in [1.165, 1.54) is 88.3 Å². The highest BCUT2D eigenvalue weighted by molar-refractivity contribution is 6.14. The Morgan fingerprint density at radius 1 is 0.460 bits per heavy atom. The molecule has 2 aliphatic rings. The second-order valence-corrected chi connectivity index (χ2v) is 14.4. The quantitative estimate of drug-likeness (QED) is 0.189. The van der Waals surface area contributed by atoms with Crippen LogP contribution in [0.15, 0.2) is 158 Å². The number of fused-ring (bicyclic) bond motifs is 9. The Morgan fingerprint density at radius 2 is 1.10 bits per heavy atom. The molecule has 234 valence electrons. The zero-order chi connectivity index (χ0) is 33.1. The average Bonchev–Trinajstić information content (AvgIpc) is 3.75. The Balaban J connectivity index is 0.993. The molecule has 2 nitrogen and oxygen atoms in total. The molecule has 0 radical (unpaired) electrons. The molecule has 0 atom stereocenters. The van der Waals surface area contributed by atoms with E-state index in [9.17, 15) is 0 Å². The molecule has 0 unspecified atom stereocenters. The van der Waals surface area contributed by atoms with Crippen LogP contribution in [0.25, 0.3) is 94.2 Å². The molecule has 0 bridgehead atoms. The Labute approximate surface area is 290 Å². The van der Waals surface area contributed by atoms with Crippen LogP contribution >= 0.6 is 0 Å². The molecule has 50 heavy (non-hydrogen) atoms. The predicted molar refractivity (Wildman–Crippen MR) is 209 cm³/mol. The maximum Gasteiger partial charge on any atom is 0.0794 e. The second kappa shape index (κ2) is 9.90. The van der Waals surface area contributed by atoms with Gasteiger partial charge in [-0.1, -0.05) is 117 Å². The Bertz CT molecular complexity index is 2880. The summed E-state index contributed by atoms with van der Waals surface area (Å²) in [4.78, 5) is 5.31. The number of nitrogens with zero attached hydrogens (tertiary/aromatic N) is 2. The summed E-state index contributed by atoms with van der Waals surface area (Å²) in [5, 5.41) is 5.14. The summed E-state index contributed by atoms with van der Waals surface area (Å²) in [6, 6.07) is 58.0. The monoisotopic (exact) mass is 636 g/mol. The van der Waals surface area contributed by atoms with Gasteiger partial charge < -0.3 is 4.57 Å². The molecule has 9 aromatic rings. The van der Waals surface area contributed by atoms with Crippen molar-refractivity contribution >= 4 is 32.6 Å². The number of hydrogen-bond donors (Lipinski definition) is 0. The van der Waals surface area contributed by atoms with Gasteiger partial charge in [0.05, 0.1) is 22.4 Å². The van der Waals surface area contributed by atoms with Crippen molar-refractivity contribution < 1.29 is 0 Å². The highest BCUT2D eigenvalue weighted by Gasteiger charge is 2.36. The van der Waals surface area contributed by atoms with Crippen LogP contribution in [0.4, 0.5) is 0 Å². The van der Waals surface area contributed by atoms with Gasteiger partial charge in [-0.15, -0.1) is 0 Å². The largest absolute Gasteiger partial charge is 0.309 e. The molecule has 11 rings (SSSR count). The van der Waals surface area contributed by atoms with Crippen LogP contribution in [0.2, 0.25) is 0 Å². The summed E-state index contributed by atoms with van der Waals surface area (Å²) < 4.78 is 2.38. The van der Waals surface area contributed by atoms with Crippen molar-refractivity contribution in [2.24, 2.45) is 0 Å². The number of pyridine rings is 1. The fourth-order valence-corrected chi connectivity index (χ4v) is 8.89. The molecule has 0 spiro atoms. The van der Waals surface area contributed by atoms with E-state index in [0.29, 0.717) is 0 Å². The van der Waals surface area contributed by atoms with Crippen molar-refractivity contribution in [3.8, 4) is 61.6 Å². The minimum absolute atomic E-state index is 0.150. The molecule has 2 aliphatic carbocycles. The molecular weight excluding hydrogens is 605 g/mol. The van der Waals surface area contributed by atoms with Gasteiger partial charge in [0.2, 0.25) is 0 Å². The highest BCUT2D eigenvalue weighted by atomic mass is 15.0. The molecule has 2 heteroatoms. The van der Waals surface area contributed by atoms with Gasteiger partial charge >= 0.3 is 0 Å². The smallest absolute Gasteiger partial charge is 0.0794 e. The van der Waals surface area contributed by atoms with E-state index in [1.807, 2.05) is 0 Å². The average molecular weight is 637 g/mol. The standard InChI is InChI=1S/C48H32N2/c1-48(2)41-27-31(30-20-25-45-40(26-30)36-14-6-7-17-44(36)50(45)33-12-4-3-5-13-33)18-21-34(41)35-22-19-32(28-42(35)48)43-24-23-38-37-15-8-10-29-11-9-16-39(46(29)37)47(38)49-43/h3-28H,1-2H3. The van der Waals surface area contributed by atoms with Gasteiger partial charge in [0, 0.05) is 38.6 Å². The van der Waals surface area contributed by atoms with Crippen LogP contribution in [-0.4, -0.2) is 9.55 Å². The Kier molecular flexibility index (Phi) is 5.48. The van der Waals surface area contributed by atoms with Gasteiger partial charge in [-0.3, -0.25) is 0 Å². The first-order valence-corrected chi connectivity index (χ1v) is 17.5. The molecule has 0 amide bonds. The van der Waals surface area contributed by atoms with Gasteiger partial charge in [0.1, 0.15) is 0 Å². The molecule has 0 aliphatic heterocycles. The minimum Gasteiger partial charge on any atom is -0.309 e. The topological polar surface area (TPSA) is 17.8 Å². The Hall–Kier alpha value is -6.25. The van der Waals surface area contributed by atoms with E-state index in [1.54, 1.807) is 0 Å². The lowest BCUT2D eigenvalue weighted by molar-refractivity contribution is 0.661. The van der Waals surface area contributed by atoms with E-state index < -0.39 is 0 Å². The maximum atomic E-state index is 5.31. The first-order valence-electron chi connectivity index (χ1n) is 17.5. The summed E-state index contributed by atoms with van der Waals surface area (Å²) in [6.45, 7) is 4.74. The normalized spacial score (nSPS) is 13.6. The molecule has 7 aromatic carbocycles. The van der Waals surface area contributed by atoms with Crippen molar-refractivity contribution in [3.05, 3.63) is 169 Å². The number of aromatic nitrogens is 2. The lowest BCUT2D eigenvalue weighted by atomic mass is 9.81. The van der Waals surface area contributed by atoms with Crippen LogP contribution in [0, 0.1) is 0 Å². The zero-order valence-corrected chi connectivity index (χ0v) is 27.9. The minimum atomic E-state index is -0.150. The van der Waals surface area contributed by atoms with E-state index in [2.05, 4.69) is 176 Å². The molecule has 2 aromatic heterocycles. The summed E-state index contributed by atoms with van der Waals surface area (Å²) >= 11 is 0. The third kappa shape index (κ3) is 3.71. The summed E-state index contributed by atoms with van der Waals surface area (Å²) in [6.07, 6.45) is 0. The number of rotatable bonds is 3. The number of hydrogen-bond acceptors (Lipinski definition) is 1. The fraction of sp³-hybridized carbons (Fsp3) is 0.0625. The highest BCUT2D eigenvalue weighted by Crippen LogP contribution is 2.52. The molecule has 0 saturated carbocycles. The predicted octanol–water partition coefficient (Wildman–Crippen LogP) is 12.6. The van der Waals surface area contributed by atoms with Gasteiger partial charge in [-0.2, -0.15) is 0 Å². The SMILES string of the molecule is CC1(C)c2cc(-c3ccc4c(c3)c3ccccc3n4-c3ccccc3)ccc2-c2ccc(-c3ccc4c(n3)-c3cccc5cccc-4c35)cc21. The van der Waals surface area contributed by atoms with Crippen LogP contribution in [0.5, 0.6) is 0 Å². The van der Waals surface area contributed by atoms with E-state index in [-0.39, 0.29) is 5.41 Å². The number of para-hydroxylation sites is 2. The van der Waals surface area contributed by atoms with Crippen molar-refractivity contribution in [2.45, 2.75) is 19.3 Å². The molecule has 0 saturated heterocycles. The van der Waals surface area contributed by atoms with Crippen LogP contribution in [-0.2, 0) is 5.41 Å². The van der Waals surface area contributed by atoms with Crippen molar-refractivity contribution in [1.82, 2.24) is 9.55 Å². The lowest BCUT2D eigenvalue weighted by Crippen LogP contribution is -2.15. The van der Waals surface area contributed by atoms with E-state index in [0.717, 1.165) is 17.0 Å². The lowest BCUT2D eigenvalue weighted by Gasteiger charge is -2.22. The first-order chi connectivity index (χ1) is 24.5. The third-order valence-corrected chi connectivity index (χ3v) is 11.3. The van der Waals surface area contributed by atoms with Crippen molar-refractivity contribution in [3.63, 3.8) is 0 Å². The van der Waals surface area contributed by atoms with Crippen LogP contribution < -0.4 is 0 Å². The third-order valence-electron chi connectivity index (χ3n) is 11.3. The summed E-state index contributed by atoms with van der Waals surface area (Å²) in [5.74, 6) is 0. The molecular formula is C48H32N2. The van der Waals surface area contributed by atoms with E-state index >= 15 is 0 Å². The Morgan fingerprint density at radius 3 is 1.92 bits per heavy atom. The zero-order valence-electron chi connectivity index (χ0n) is 27.9. The van der Waals surface area contributed by atoms with Crippen molar-refractivity contribution in [2.75, 3.05) is 0 Å². The van der Waals surface area contributed by atoms with E-state index in [4.69, 9.17) is 4.98 Å². The molecule has 0 fully saturated rings. The summed E-state index contributed by atoms with van der Waals surface area (Å²) in [5.41, 5.74) is 18.4. The first kappa shape index (κ1) is 27.7. The van der Waals surface area contributed by atoms with Crippen molar-refractivity contribution in [1.29, 1.82) is 0 Å². The van der Waals surface area contributed by atoms with Gasteiger partial charge in [0.25, 0.3) is 0 Å². The molecule has 0 N–H and O–H groups in total. The van der Waals surface area contributed by atoms with Crippen LogP contribution in [0.3, 0.4) is 0 Å². The summed E-state index contributed by atoms with van der Waals surface area (Å²) in [7, 11) is 0. The van der Waals surface area contributed by atoms with Gasteiger partial charge in [0.15, 0.2) is 0 Å². The molecule has 2 heterocycles. The van der Waals surface area contributed by atoms with Crippen LogP contribution in [0.1, 0.15) is 25.0 Å². The second-order valence-electron chi connectivity index (χ2n) is 14.4. The van der Waals surface area contributed by atoms with Gasteiger partial charge in [-0.05, 0) is 104 Å². The fourth-order valence-electron chi connectivity index (χ4n) is 8.89. The maximum absolute atomic E-state index is 5.31.